The van der Waals surface area contributed by atoms with E-state index in [0.29, 0.717) is 0 Å². The topological polar surface area (TPSA) is 3.24 Å². The molecule has 1 nitrogen and oxygen atoms in total. The van der Waals surface area contributed by atoms with Crippen molar-refractivity contribution in [1.29, 1.82) is 0 Å². The third-order valence-electron chi connectivity index (χ3n) is 4.38. The van der Waals surface area contributed by atoms with Gasteiger partial charge in [-0.15, -0.1) is 0 Å². The van der Waals surface area contributed by atoms with Gasteiger partial charge in [0.2, 0.25) is 0 Å². The maximum atomic E-state index is 5.02. The highest BCUT2D eigenvalue weighted by molar-refractivity contribution is 7.79. The molecular weight excluding hydrogens is 322 g/mol. The van der Waals surface area contributed by atoms with Crippen molar-refractivity contribution in [2.45, 2.75) is 26.9 Å². The van der Waals surface area contributed by atoms with Crippen LogP contribution in [-0.2, 0) is 13.1 Å². The van der Waals surface area contributed by atoms with Crippen molar-refractivity contribution in [1.82, 2.24) is 0 Å². The van der Waals surface area contributed by atoms with Gasteiger partial charge in [0.1, 0.15) is 0 Å². The van der Waals surface area contributed by atoms with Crippen molar-refractivity contribution in [2.24, 2.45) is 0 Å². The van der Waals surface area contributed by atoms with Gasteiger partial charge in [-0.2, -0.15) is 0 Å². The van der Waals surface area contributed by atoms with E-state index in [2.05, 4.69) is 91.5 Å². The molecule has 0 fully saturated rings. The van der Waals surface area contributed by atoms with Crippen molar-refractivity contribution in [3.63, 3.8) is 0 Å². The van der Waals surface area contributed by atoms with Crippen LogP contribution >= 0.6 is 12.2 Å². The van der Waals surface area contributed by atoms with Gasteiger partial charge in [-0.05, 0) is 42.7 Å². The van der Waals surface area contributed by atoms with Crippen molar-refractivity contribution in [3.05, 3.63) is 101 Å². The summed E-state index contributed by atoms with van der Waals surface area (Å²) in [4.78, 5) is 2.41. The second kappa shape index (κ2) is 8.09. The van der Waals surface area contributed by atoms with Crippen LogP contribution in [0.1, 0.15) is 27.8 Å². The predicted molar refractivity (Wildman–Crippen MR) is 111 cm³/mol. The number of nitrogens with zero attached hydrogens (tertiary/aromatic N) is 1. The number of aryl methyl sites for hydroxylation is 2. The summed E-state index contributed by atoms with van der Waals surface area (Å²) >= 11 is 5.02. The Hall–Kier alpha value is -2.45. The van der Waals surface area contributed by atoms with Gasteiger partial charge in [0.25, 0.3) is 0 Å². The highest BCUT2D eigenvalue weighted by Crippen LogP contribution is 2.21. The Morgan fingerprint density at radius 1 is 0.680 bits per heavy atom. The molecule has 0 bridgehead atoms. The molecule has 3 rings (SSSR count). The van der Waals surface area contributed by atoms with E-state index in [1.165, 1.54) is 27.9 Å². The molecule has 0 saturated carbocycles. The van der Waals surface area contributed by atoms with Gasteiger partial charge in [0, 0.05) is 24.1 Å². The molecule has 0 amide bonds. The molecule has 2 heteroatoms. The van der Waals surface area contributed by atoms with Crippen molar-refractivity contribution in [3.8, 4) is 0 Å². The Labute approximate surface area is 155 Å². The van der Waals surface area contributed by atoms with Gasteiger partial charge in [0.15, 0.2) is 0 Å². The van der Waals surface area contributed by atoms with Crippen LogP contribution in [0.25, 0.3) is 0 Å². The molecule has 0 heterocycles. The predicted octanol–water partition coefficient (Wildman–Crippen LogP) is 5.86. The number of benzene rings is 3. The lowest BCUT2D eigenvalue weighted by Gasteiger charge is -2.25. The molecule has 0 spiro atoms. The average Bonchev–Trinajstić information content (AvgIpc) is 2.65. The molecular formula is C23H23NS. The number of hydrogen-bond donors (Lipinski definition) is 0. The zero-order chi connectivity index (χ0) is 17.6. The zero-order valence-corrected chi connectivity index (χ0v) is 15.6. The molecule has 0 aliphatic carbocycles. The van der Waals surface area contributed by atoms with E-state index >= 15 is 0 Å². The van der Waals surface area contributed by atoms with Crippen molar-refractivity contribution >= 4 is 23.3 Å². The van der Waals surface area contributed by atoms with E-state index in [1.807, 2.05) is 0 Å². The van der Waals surface area contributed by atoms with Gasteiger partial charge in [0.05, 0.1) is 0 Å². The van der Waals surface area contributed by atoms with Crippen LogP contribution in [0.2, 0.25) is 0 Å². The maximum Gasteiger partial charge on any atom is 0.0433 e. The molecule has 0 aliphatic rings. The van der Waals surface area contributed by atoms with Crippen LogP contribution in [-0.4, -0.2) is 5.37 Å². The van der Waals surface area contributed by atoms with Gasteiger partial charge in [-0.1, -0.05) is 84.0 Å². The summed E-state index contributed by atoms with van der Waals surface area (Å²) in [7, 11) is 0. The van der Waals surface area contributed by atoms with Crippen LogP contribution < -0.4 is 4.90 Å². The van der Waals surface area contributed by atoms with Gasteiger partial charge >= 0.3 is 0 Å². The smallest absolute Gasteiger partial charge is 0.0433 e. The largest absolute Gasteiger partial charge is 0.363 e. The first kappa shape index (κ1) is 17.4. The molecule has 126 valence electrons. The third-order valence-corrected chi connectivity index (χ3v) is 4.65. The quantitative estimate of drug-likeness (QED) is 0.515. The second-order valence-electron chi connectivity index (χ2n) is 6.54. The monoisotopic (exact) mass is 345 g/mol. The minimum absolute atomic E-state index is 0.880. The Balaban J connectivity index is 1.87. The minimum Gasteiger partial charge on any atom is -0.363 e. The van der Waals surface area contributed by atoms with Crippen LogP contribution in [0.5, 0.6) is 0 Å². The number of hydrogen-bond acceptors (Lipinski definition) is 2. The molecule has 0 aliphatic heterocycles. The molecule has 3 aromatic rings. The first-order valence-electron chi connectivity index (χ1n) is 8.55. The van der Waals surface area contributed by atoms with Gasteiger partial charge < -0.3 is 4.90 Å². The standard InChI is InChI=1S/C23H23NS/c1-18-3-7-20(8-4-18)15-24(16-21-9-5-19(2)6-10-21)23-13-11-22(17-25)12-14-23/h3-14,17H,15-16H2,1-2H3. The summed E-state index contributed by atoms with van der Waals surface area (Å²) in [5, 5.41) is 1.72. The molecule has 0 aromatic heterocycles. The Kier molecular flexibility index (Phi) is 5.62. The van der Waals surface area contributed by atoms with E-state index in [1.54, 1.807) is 5.37 Å². The molecule has 0 N–H and O–H groups in total. The van der Waals surface area contributed by atoms with E-state index in [-0.39, 0.29) is 0 Å². The molecule has 0 radical (unpaired) electrons. The first-order valence-corrected chi connectivity index (χ1v) is 9.02. The SMILES string of the molecule is Cc1ccc(CN(Cc2ccc(C)cc2)c2ccc(C=S)cc2)cc1. The minimum atomic E-state index is 0.880. The summed E-state index contributed by atoms with van der Waals surface area (Å²) in [5.41, 5.74) is 7.50. The Morgan fingerprint density at radius 3 is 1.52 bits per heavy atom. The lowest BCUT2D eigenvalue weighted by molar-refractivity contribution is 0.799. The van der Waals surface area contributed by atoms with Crippen molar-refractivity contribution in [2.75, 3.05) is 4.90 Å². The molecule has 0 saturated heterocycles. The second-order valence-corrected chi connectivity index (χ2v) is 6.77. The van der Waals surface area contributed by atoms with Crippen LogP contribution in [0.4, 0.5) is 5.69 Å². The van der Waals surface area contributed by atoms with Crippen LogP contribution in [0, 0.1) is 13.8 Å². The molecule has 3 aromatic carbocycles. The first-order chi connectivity index (χ1) is 12.1. The summed E-state index contributed by atoms with van der Waals surface area (Å²) in [6, 6.07) is 26.0. The summed E-state index contributed by atoms with van der Waals surface area (Å²) in [6.07, 6.45) is 0. The van der Waals surface area contributed by atoms with E-state index in [0.717, 1.165) is 18.7 Å². The highest BCUT2D eigenvalue weighted by atomic mass is 32.1. The highest BCUT2D eigenvalue weighted by Gasteiger charge is 2.09. The van der Waals surface area contributed by atoms with Gasteiger partial charge in [-0.25, -0.2) is 0 Å². The summed E-state index contributed by atoms with van der Waals surface area (Å²) < 4.78 is 0. The maximum absolute atomic E-state index is 5.02. The molecule has 0 unspecified atom stereocenters. The fraction of sp³-hybridized carbons (Fsp3) is 0.174. The lowest BCUT2D eigenvalue weighted by Crippen LogP contribution is -2.22. The average molecular weight is 346 g/mol. The normalized spacial score (nSPS) is 10.5. The Bertz CT molecular complexity index is 770. The lowest BCUT2D eigenvalue weighted by atomic mass is 10.1. The number of rotatable bonds is 6. The summed E-state index contributed by atoms with van der Waals surface area (Å²) in [5.74, 6) is 0. The van der Waals surface area contributed by atoms with Crippen LogP contribution in [0.3, 0.4) is 0 Å². The van der Waals surface area contributed by atoms with E-state index in [9.17, 15) is 0 Å². The van der Waals surface area contributed by atoms with Crippen LogP contribution in [0.15, 0.2) is 72.8 Å². The summed E-state index contributed by atoms with van der Waals surface area (Å²) in [6.45, 7) is 6.01. The van der Waals surface area contributed by atoms with Crippen molar-refractivity contribution < 1.29 is 0 Å². The zero-order valence-electron chi connectivity index (χ0n) is 14.8. The van der Waals surface area contributed by atoms with Gasteiger partial charge in [-0.3, -0.25) is 0 Å². The fourth-order valence-electron chi connectivity index (χ4n) is 2.83. The Morgan fingerprint density at radius 2 is 1.12 bits per heavy atom. The van der Waals surface area contributed by atoms with E-state index < -0.39 is 0 Å². The molecule has 0 atom stereocenters. The third kappa shape index (κ3) is 4.77. The fourth-order valence-corrected chi connectivity index (χ4v) is 2.99. The number of thiocarbonyl (C=S) groups is 1. The van der Waals surface area contributed by atoms with E-state index in [4.69, 9.17) is 12.2 Å². The number of anilines is 1. The molecule has 25 heavy (non-hydrogen) atoms.